The van der Waals surface area contributed by atoms with Gasteiger partial charge in [-0.2, -0.15) is 0 Å². The number of ether oxygens (including phenoxy) is 3. The van der Waals surface area contributed by atoms with Gasteiger partial charge in [0.1, 0.15) is 21.2 Å². The van der Waals surface area contributed by atoms with Crippen LogP contribution in [0, 0.1) is 17.8 Å². The third-order valence-corrected chi connectivity index (χ3v) is 15.1. The Hall–Kier alpha value is -3.95. The smallest absolute Gasteiger partial charge is 0.286 e. The molecule has 2 aromatic carbocycles. The van der Waals surface area contributed by atoms with Gasteiger partial charge in [-0.3, -0.25) is 23.9 Å². The predicted molar refractivity (Wildman–Crippen MR) is 223 cm³/mol. The fourth-order valence-electron chi connectivity index (χ4n) is 9.75. The molecule has 3 aliphatic heterocycles. The number of halogens is 1. The van der Waals surface area contributed by atoms with Gasteiger partial charge in [-0.15, -0.1) is 9.46 Å². The zero-order chi connectivity index (χ0) is 40.7. The molecule has 13 nitrogen and oxygen atoms in total. The first-order valence-corrected chi connectivity index (χ1v) is 22.6. The summed E-state index contributed by atoms with van der Waals surface area (Å²) in [7, 11) is -0.627. The number of nitrogens with zero attached hydrogens (tertiary/aromatic N) is 5. The number of carbonyl (C=O) groups excluding carboxylic acids is 2. The molecule has 2 fully saturated rings. The molecular weight excluding hydrogens is 780 g/mol. The van der Waals surface area contributed by atoms with Crippen LogP contribution in [-0.4, -0.2) is 107 Å². The van der Waals surface area contributed by atoms with Crippen LogP contribution >= 0.6 is 11.6 Å². The highest BCUT2D eigenvalue weighted by Gasteiger charge is 2.48. The molecule has 2 aliphatic carbocycles. The zero-order valence-electron chi connectivity index (χ0n) is 33.7. The normalized spacial score (nSPS) is 30.8. The van der Waals surface area contributed by atoms with Crippen LogP contribution in [-0.2, 0) is 33.5 Å². The maximum atomic E-state index is 14.8. The Morgan fingerprint density at radius 3 is 2.78 bits per heavy atom. The molecule has 58 heavy (non-hydrogen) atoms. The maximum Gasteiger partial charge on any atom is 0.286 e. The van der Waals surface area contributed by atoms with Crippen molar-refractivity contribution in [3.8, 4) is 11.6 Å². The lowest BCUT2D eigenvalue weighted by Crippen LogP contribution is -2.53. The molecule has 5 aliphatic rings. The van der Waals surface area contributed by atoms with Gasteiger partial charge in [0.25, 0.3) is 11.8 Å². The van der Waals surface area contributed by atoms with E-state index in [1.54, 1.807) is 19.2 Å². The van der Waals surface area contributed by atoms with Crippen molar-refractivity contribution in [1.29, 1.82) is 0 Å². The third-order valence-electron chi connectivity index (χ3n) is 12.9. The van der Waals surface area contributed by atoms with Crippen molar-refractivity contribution in [1.82, 2.24) is 19.4 Å². The van der Waals surface area contributed by atoms with Crippen LogP contribution in [0.5, 0.6) is 11.6 Å². The van der Waals surface area contributed by atoms with Crippen molar-refractivity contribution in [3.63, 3.8) is 0 Å². The second-order valence-electron chi connectivity index (χ2n) is 17.0. The molecule has 1 spiro atoms. The quantitative estimate of drug-likeness (QED) is 0.302. The van der Waals surface area contributed by atoms with Gasteiger partial charge in [0.2, 0.25) is 5.88 Å². The maximum absolute atomic E-state index is 14.8. The largest absolute Gasteiger partial charge is 0.490 e. The molecule has 6 atom stereocenters. The van der Waals surface area contributed by atoms with Crippen molar-refractivity contribution < 1.29 is 33.1 Å². The number of anilines is 1. The van der Waals surface area contributed by atoms with Crippen LogP contribution in [0.15, 0.2) is 59.1 Å². The summed E-state index contributed by atoms with van der Waals surface area (Å²) in [6.07, 6.45) is 11.2. The number of allylic oxidation sites excluding steroid dienone is 1. The summed E-state index contributed by atoms with van der Waals surface area (Å²) in [5.74, 6) is -0.867. The van der Waals surface area contributed by atoms with Crippen LogP contribution in [0.4, 0.5) is 5.69 Å². The number of hydrogen-bond donors (Lipinski definition) is 2. The lowest BCUT2D eigenvalue weighted by atomic mass is 9.63. The average Bonchev–Trinajstić information content (AvgIpc) is 3.50. The van der Waals surface area contributed by atoms with Crippen LogP contribution in [0.25, 0.3) is 0 Å². The Kier molecular flexibility index (Phi) is 11.7. The fraction of sp³-hybridized carbons (Fsp3) is 0.558. The zero-order valence-corrected chi connectivity index (χ0v) is 35.2. The average molecular weight is 835 g/mol. The summed E-state index contributed by atoms with van der Waals surface area (Å²) in [6.45, 7) is 7.45. The molecule has 15 heteroatoms. The number of rotatable bonds is 6. The summed E-state index contributed by atoms with van der Waals surface area (Å²) in [4.78, 5) is 32.6. The summed E-state index contributed by atoms with van der Waals surface area (Å²) in [6, 6.07) is 11.4. The number of morpholine rings is 1. The third kappa shape index (κ3) is 8.40. The number of amides is 2. The minimum atomic E-state index is -3.68. The molecule has 2 amide bonds. The second-order valence-corrected chi connectivity index (χ2v) is 19.5. The number of nitrogens with one attached hydrogen (secondary N) is 1. The van der Waals surface area contributed by atoms with Gasteiger partial charge in [-0.05, 0) is 104 Å². The molecule has 1 saturated heterocycles. The minimum Gasteiger partial charge on any atom is -0.490 e. The number of fused-ring (bicyclic) bond motifs is 4. The van der Waals surface area contributed by atoms with Gasteiger partial charge in [0.05, 0.1) is 44.0 Å². The Morgan fingerprint density at radius 2 is 2.00 bits per heavy atom. The SMILES string of the molecule is COc1nn(C)cc1C(=O)N[S@@]1(=O)=NC(=O)c2ccc3c(c2)N(C[C@@H]2CC[C@H]2[C@](O)(CCN2CCOCC2)/C=C/C[C@H](C)C1)C[C@@]1(CCCc2cc(Cl)ccc21)CO3. The van der Waals surface area contributed by atoms with Gasteiger partial charge >= 0.3 is 0 Å². The van der Waals surface area contributed by atoms with E-state index in [1.165, 1.54) is 29.1 Å². The molecule has 1 saturated carbocycles. The van der Waals surface area contributed by atoms with Crippen molar-refractivity contribution in [2.24, 2.45) is 29.2 Å². The first-order chi connectivity index (χ1) is 27.9. The van der Waals surface area contributed by atoms with Gasteiger partial charge in [0.15, 0.2) is 0 Å². The van der Waals surface area contributed by atoms with Crippen LogP contribution in [0.3, 0.4) is 0 Å². The first-order valence-electron chi connectivity index (χ1n) is 20.6. The fourth-order valence-corrected chi connectivity index (χ4v) is 11.8. The molecule has 4 heterocycles. The first kappa shape index (κ1) is 40.8. The predicted octanol–water partition coefficient (Wildman–Crippen LogP) is 5.58. The molecular formula is C43H55ClN6O7S. The van der Waals surface area contributed by atoms with E-state index in [0.717, 1.165) is 57.4 Å². The van der Waals surface area contributed by atoms with Crippen LogP contribution in [0.2, 0.25) is 5.02 Å². The van der Waals surface area contributed by atoms with Crippen molar-refractivity contribution in [3.05, 3.63) is 82.0 Å². The number of aryl methyl sites for hydroxylation is 2. The van der Waals surface area contributed by atoms with E-state index in [2.05, 4.69) is 36.1 Å². The highest BCUT2D eigenvalue weighted by molar-refractivity contribution is 7.92. The van der Waals surface area contributed by atoms with E-state index in [0.29, 0.717) is 56.5 Å². The molecule has 1 aromatic heterocycles. The second kappa shape index (κ2) is 16.6. The number of hydrogen-bond acceptors (Lipinski definition) is 10. The Balaban J connectivity index is 1.20. The van der Waals surface area contributed by atoms with E-state index in [9.17, 15) is 18.9 Å². The summed E-state index contributed by atoms with van der Waals surface area (Å²) in [5.41, 5.74) is 2.13. The van der Waals surface area contributed by atoms with Gasteiger partial charge in [0, 0.05) is 62.0 Å². The van der Waals surface area contributed by atoms with E-state index in [1.807, 2.05) is 31.2 Å². The van der Waals surface area contributed by atoms with E-state index < -0.39 is 27.3 Å². The van der Waals surface area contributed by atoms with Gasteiger partial charge in [-0.25, -0.2) is 4.21 Å². The number of aliphatic hydroxyl groups is 1. The lowest BCUT2D eigenvalue weighted by Gasteiger charge is -2.49. The highest BCUT2D eigenvalue weighted by atomic mass is 35.5. The monoisotopic (exact) mass is 834 g/mol. The Morgan fingerprint density at radius 1 is 1.17 bits per heavy atom. The van der Waals surface area contributed by atoms with Crippen molar-refractivity contribution in [2.75, 3.05) is 70.3 Å². The van der Waals surface area contributed by atoms with E-state index in [-0.39, 0.29) is 45.9 Å². The highest BCUT2D eigenvalue weighted by Crippen LogP contribution is 2.49. The lowest BCUT2D eigenvalue weighted by molar-refractivity contribution is -0.0599. The summed E-state index contributed by atoms with van der Waals surface area (Å²) in [5, 5.41) is 17.6. The molecule has 0 unspecified atom stereocenters. The van der Waals surface area contributed by atoms with Crippen LogP contribution < -0.4 is 19.1 Å². The molecule has 8 rings (SSSR count). The molecule has 2 bridgehead atoms. The van der Waals surface area contributed by atoms with E-state index >= 15 is 0 Å². The minimum absolute atomic E-state index is 0.00631. The number of aromatic nitrogens is 2. The molecule has 2 N–H and O–H groups in total. The number of benzene rings is 2. The van der Waals surface area contributed by atoms with Crippen molar-refractivity contribution >= 4 is 39.0 Å². The summed E-state index contributed by atoms with van der Waals surface area (Å²) < 4.78 is 40.8. The topological polar surface area (TPSA) is 148 Å². The Bertz CT molecular complexity index is 2200. The standard InChI is InChI=1S/C43H55ClN6O7S/c1-29-6-4-15-43(53,16-17-49-18-20-56-21-19-49)36-11-8-32(36)24-50-27-42(14-5-7-30-22-33(44)10-12-35(30)42)28-57-38-13-9-31(23-37(38)50)39(51)46-58(54,26-29)47-40(52)34-25-48(2)45-41(34)55-3/h4,9-10,12-13,15,22-23,25,29,32,36,53H,5-8,11,14,16-21,24,26-28H2,1-3H3,(H,46,47,51,52,54)/b15-4+/t29-,32-,36+,42-,43+,58-/m0/s1. The Labute approximate surface area is 346 Å². The van der Waals surface area contributed by atoms with Gasteiger partial charge < -0.3 is 24.2 Å². The number of carbonyl (C=O) groups is 2. The number of methoxy groups -OCH3 is 1. The van der Waals surface area contributed by atoms with E-state index in [4.69, 9.17) is 25.8 Å². The summed E-state index contributed by atoms with van der Waals surface area (Å²) >= 11 is 6.51. The molecule has 3 aromatic rings. The molecule has 0 radical (unpaired) electrons. The van der Waals surface area contributed by atoms with Crippen molar-refractivity contribution in [2.45, 2.75) is 62.9 Å². The molecule has 312 valence electrons. The van der Waals surface area contributed by atoms with Gasteiger partial charge in [-0.1, -0.05) is 36.7 Å². The van der Waals surface area contributed by atoms with Crippen LogP contribution in [0.1, 0.15) is 77.3 Å².